The van der Waals surface area contributed by atoms with Gasteiger partial charge in [-0.25, -0.2) is 0 Å². The van der Waals surface area contributed by atoms with Crippen LogP contribution in [0, 0.1) is 0 Å². The lowest BCUT2D eigenvalue weighted by Gasteiger charge is -2.10. The average molecular weight is 417 g/mol. The maximum absolute atomic E-state index is 12.4. The fourth-order valence-electron chi connectivity index (χ4n) is 3.16. The Labute approximate surface area is 171 Å². The number of methoxy groups -OCH3 is 1. The molecule has 0 radical (unpaired) electrons. The number of aryl methyl sites for hydroxylation is 1. The monoisotopic (exact) mass is 417 g/mol. The van der Waals surface area contributed by atoms with Crippen LogP contribution in [0.15, 0.2) is 23.2 Å². The number of rotatable bonds is 7. The minimum absolute atomic E-state index is 0.0848. The van der Waals surface area contributed by atoms with E-state index in [0.29, 0.717) is 4.80 Å². The minimum atomic E-state index is -0.607. The highest BCUT2D eigenvalue weighted by Crippen LogP contribution is 2.21. The van der Waals surface area contributed by atoms with Crippen LogP contribution in [0.4, 0.5) is 0 Å². The van der Waals surface area contributed by atoms with E-state index in [1.165, 1.54) is 24.0 Å². The van der Waals surface area contributed by atoms with E-state index < -0.39 is 11.9 Å². The summed E-state index contributed by atoms with van der Waals surface area (Å²) in [6.45, 7) is 1.66. The number of esters is 1. The fourth-order valence-corrected chi connectivity index (χ4v) is 4.27. The molecule has 1 saturated heterocycles. The molecule has 8 nitrogen and oxygen atoms in total. The first-order valence-electron chi connectivity index (χ1n) is 9.52. The molecule has 2 aromatic rings. The van der Waals surface area contributed by atoms with Gasteiger partial charge in [0, 0.05) is 12.8 Å². The standard InChI is InChI=1S/C20H23N3O5S/c1-3-4-5-13-6-7-14-15(10-13)29-20(22(14)12-19(27)28-2)21-16(24)11-23-17(25)8-9-18(23)26/h6-7,10H,3-5,8-9,11-12H2,1-2H3. The van der Waals surface area contributed by atoms with Crippen molar-refractivity contribution < 1.29 is 23.9 Å². The SMILES string of the molecule is CCCCc1ccc2c(c1)sc(=NC(=O)CN1C(=O)CCC1=O)n2CC(=O)OC. The molecule has 0 spiro atoms. The van der Waals surface area contributed by atoms with Crippen molar-refractivity contribution in [3.05, 3.63) is 28.6 Å². The van der Waals surface area contributed by atoms with E-state index in [4.69, 9.17) is 4.74 Å². The van der Waals surface area contributed by atoms with Gasteiger partial charge in [0.15, 0.2) is 4.80 Å². The maximum Gasteiger partial charge on any atom is 0.325 e. The molecule has 29 heavy (non-hydrogen) atoms. The fraction of sp³-hybridized carbons (Fsp3) is 0.450. The summed E-state index contributed by atoms with van der Waals surface area (Å²) in [4.78, 5) is 53.1. The molecule has 1 aromatic heterocycles. The molecule has 1 aliphatic rings. The zero-order chi connectivity index (χ0) is 21.0. The Kier molecular flexibility index (Phi) is 6.58. The number of unbranched alkanes of at least 4 members (excludes halogenated alkanes) is 1. The quantitative estimate of drug-likeness (QED) is 0.505. The Morgan fingerprint density at radius 1 is 1.17 bits per heavy atom. The van der Waals surface area contributed by atoms with Crippen molar-refractivity contribution in [3.63, 3.8) is 0 Å². The van der Waals surface area contributed by atoms with Gasteiger partial charge in [0.05, 0.1) is 17.3 Å². The van der Waals surface area contributed by atoms with E-state index in [-0.39, 0.29) is 37.7 Å². The predicted molar refractivity (Wildman–Crippen MR) is 107 cm³/mol. The smallest absolute Gasteiger partial charge is 0.325 e. The molecule has 0 aliphatic carbocycles. The zero-order valence-corrected chi connectivity index (χ0v) is 17.3. The number of thiazole rings is 1. The van der Waals surface area contributed by atoms with Gasteiger partial charge in [-0.15, -0.1) is 0 Å². The highest BCUT2D eigenvalue weighted by molar-refractivity contribution is 7.16. The number of imide groups is 1. The van der Waals surface area contributed by atoms with Crippen molar-refractivity contribution in [2.45, 2.75) is 45.6 Å². The van der Waals surface area contributed by atoms with Crippen LogP contribution in [0.5, 0.6) is 0 Å². The summed E-state index contributed by atoms with van der Waals surface area (Å²) in [6, 6.07) is 5.96. The minimum Gasteiger partial charge on any atom is -0.468 e. The van der Waals surface area contributed by atoms with Gasteiger partial charge in [0.1, 0.15) is 13.1 Å². The van der Waals surface area contributed by atoms with Gasteiger partial charge in [-0.3, -0.25) is 24.1 Å². The number of fused-ring (bicyclic) bond motifs is 1. The number of ether oxygens (including phenoxy) is 1. The molecule has 1 aromatic carbocycles. The molecule has 3 rings (SSSR count). The summed E-state index contributed by atoms with van der Waals surface area (Å²) in [5.41, 5.74) is 1.96. The predicted octanol–water partition coefficient (Wildman–Crippen LogP) is 1.79. The molecule has 3 amide bonds. The van der Waals surface area contributed by atoms with Crippen LogP contribution >= 0.6 is 11.3 Å². The number of carbonyl (C=O) groups is 4. The van der Waals surface area contributed by atoms with Gasteiger partial charge in [-0.1, -0.05) is 30.7 Å². The van der Waals surface area contributed by atoms with Crippen molar-refractivity contribution in [2.24, 2.45) is 4.99 Å². The van der Waals surface area contributed by atoms with E-state index in [0.717, 1.165) is 34.4 Å². The Balaban J connectivity index is 1.97. The molecule has 0 N–H and O–H groups in total. The van der Waals surface area contributed by atoms with E-state index in [1.807, 2.05) is 18.2 Å². The zero-order valence-electron chi connectivity index (χ0n) is 16.5. The normalized spacial score (nSPS) is 14.8. The lowest BCUT2D eigenvalue weighted by atomic mass is 10.1. The van der Waals surface area contributed by atoms with E-state index in [1.54, 1.807) is 4.57 Å². The Hall–Kier alpha value is -2.81. The molecule has 0 saturated carbocycles. The molecular formula is C20H23N3O5S. The second-order valence-corrected chi connectivity index (χ2v) is 7.84. The Bertz CT molecular complexity index is 1020. The number of carbonyl (C=O) groups excluding carboxylic acids is 4. The van der Waals surface area contributed by atoms with Gasteiger partial charge < -0.3 is 9.30 Å². The van der Waals surface area contributed by atoms with E-state index >= 15 is 0 Å². The van der Waals surface area contributed by atoms with Crippen LogP contribution in [0.25, 0.3) is 10.2 Å². The topological polar surface area (TPSA) is 98.0 Å². The highest BCUT2D eigenvalue weighted by atomic mass is 32.1. The summed E-state index contributed by atoms with van der Waals surface area (Å²) in [5, 5.41) is 0. The van der Waals surface area contributed by atoms with Gasteiger partial charge in [0.2, 0.25) is 11.8 Å². The molecule has 0 bridgehead atoms. The third kappa shape index (κ3) is 4.79. The number of benzene rings is 1. The summed E-state index contributed by atoms with van der Waals surface area (Å²) in [7, 11) is 1.30. The molecule has 0 unspecified atom stereocenters. The second kappa shape index (κ2) is 9.13. The van der Waals surface area contributed by atoms with Gasteiger partial charge in [0.25, 0.3) is 5.91 Å². The van der Waals surface area contributed by atoms with E-state index in [2.05, 4.69) is 11.9 Å². The molecular weight excluding hydrogens is 394 g/mol. The van der Waals surface area contributed by atoms with Gasteiger partial charge >= 0.3 is 5.97 Å². The van der Waals surface area contributed by atoms with Gasteiger partial charge in [-0.2, -0.15) is 4.99 Å². The summed E-state index contributed by atoms with van der Waals surface area (Å²) < 4.78 is 7.30. The van der Waals surface area contributed by atoms with Crippen molar-refractivity contribution in [2.75, 3.05) is 13.7 Å². The van der Waals surface area contributed by atoms with Crippen molar-refractivity contribution in [1.29, 1.82) is 0 Å². The van der Waals surface area contributed by atoms with Crippen molar-refractivity contribution >= 4 is 45.2 Å². The number of hydrogen-bond donors (Lipinski definition) is 0. The Morgan fingerprint density at radius 3 is 2.55 bits per heavy atom. The molecule has 9 heteroatoms. The number of nitrogens with zero attached hydrogens (tertiary/aromatic N) is 3. The summed E-state index contributed by atoms with van der Waals surface area (Å²) in [5.74, 6) is -1.79. The number of amides is 3. The first kappa shape index (κ1) is 20.9. The maximum atomic E-state index is 12.4. The van der Waals surface area contributed by atoms with Crippen molar-refractivity contribution in [1.82, 2.24) is 9.47 Å². The lowest BCUT2D eigenvalue weighted by molar-refractivity contribution is -0.142. The van der Waals surface area contributed by atoms with Crippen LogP contribution in [-0.2, 0) is 36.9 Å². The average Bonchev–Trinajstić information content (AvgIpc) is 3.20. The summed E-state index contributed by atoms with van der Waals surface area (Å²) in [6.07, 6.45) is 3.36. The molecule has 154 valence electrons. The molecule has 1 aliphatic heterocycles. The third-order valence-electron chi connectivity index (χ3n) is 4.75. The second-order valence-electron chi connectivity index (χ2n) is 6.83. The van der Waals surface area contributed by atoms with Crippen LogP contribution in [0.2, 0.25) is 0 Å². The number of hydrogen-bond acceptors (Lipinski definition) is 6. The third-order valence-corrected chi connectivity index (χ3v) is 5.79. The molecule has 2 heterocycles. The van der Waals surface area contributed by atoms with E-state index in [9.17, 15) is 19.2 Å². The number of aromatic nitrogens is 1. The first-order chi connectivity index (χ1) is 13.9. The van der Waals surface area contributed by atoms with Crippen LogP contribution in [0.3, 0.4) is 0 Å². The van der Waals surface area contributed by atoms with Crippen LogP contribution < -0.4 is 4.80 Å². The lowest BCUT2D eigenvalue weighted by Crippen LogP contribution is -2.34. The Morgan fingerprint density at radius 2 is 1.90 bits per heavy atom. The molecule has 1 fully saturated rings. The van der Waals surface area contributed by atoms with Gasteiger partial charge in [-0.05, 0) is 30.5 Å². The summed E-state index contributed by atoms with van der Waals surface area (Å²) >= 11 is 1.29. The largest absolute Gasteiger partial charge is 0.468 e. The molecule has 0 atom stereocenters. The first-order valence-corrected chi connectivity index (χ1v) is 10.3. The highest BCUT2D eigenvalue weighted by Gasteiger charge is 2.30. The van der Waals surface area contributed by atoms with Crippen molar-refractivity contribution in [3.8, 4) is 0 Å². The van der Waals surface area contributed by atoms with Crippen LogP contribution in [-0.4, -0.2) is 46.8 Å². The van der Waals surface area contributed by atoms with Crippen LogP contribution in [0.1, 0.15) is 38.2 Å². The number of likely N-dealkylation sites (tertiary alicyclic amines) is 1.